The Bertz CT molecular complexity index is 859. The number of fused-ring (bicyclic) bond motifs is 1. The molecule has 3 nitrogen and oxygen atoms in total. The van der Waals surface area contributed by atoms with E-state index < -0.39 is 9.84 Å². The summed E-state index contributed by atoms with van der Waals surface area (Å²) in [4.78, 5) is 0. The second-order valence-electron chi connectivity index (χ2n) is 6.87. The van der Waals surface area contributed by atoms with E-state index in [9.17, 15) is 8.42 Å². The number of rotatable bonds is 6. The standard InChI is InChI=1S/C20H23BrO3S/c1-14(2)25(22,23)13-17-9-8-16-11-15(7-10-18(16)17)12-24-20-6-4-3-5-19(20)21/h3-7,10-11,14,17H,8-9,12-13H2,1-2H3. The number of sulfone groups is 1. The second kappa shape index (κ2) is 7.50. The fourth-order valence-electron chi connectivity index (χ4n) is 3.22. The molecule has 25 heavy (non-hydrogen) atoms. The van der Waals surface area contributed by atoms with E-state index in [2.05, 4.69) is 34.1 Å². The highest BCUT2D eigenvalue weighted by molar-refractivity contribution is 9.10. The topological polar surface area (TPSA) is 43.4 Å². The monoisotopic (exact) mass is 422 g/mol. The van der Waals surface area contributed by atoms with E-state index in [4.69, 9.17) is 4.74 Å². The summed E-state index contributed by atoms with van der Waals surface area (Å²) >= 11 is 3.49. The molecule has 0 saturated heterocycles. The number of aryl methyl sites for hydroxylation is 1. The molecule has 0 aliphatic heterocycles. The van der Waals surface area contributed by atoms with Crippen LogP contribution >= 0.6 is 15.9 Å². The van der Waals surface area contributed by atoms with Gasteiger partial charge in [0.25, 0.3) is 0 Å². The molecule has 0 amide bonds. The second-order valence-corrected chi connectivity index (χ2v) is 10.3. The lowest BCUT2D eigenvalue weighted by molar-refractivity contribution is 0.304. The first-order chi connectivity index (χ1) is 11.9. The first kappa shape index (κ1) is 18.5. The Kier molecular flexibility index (Phi) is 5.54. The minimum Gasteiger partial charge on any atom is -0.488 e. The van der Waals surface area contributed by atoms with Gasteiger partial charge in [0.05, 0.1) is 15.5 Å². The van der Waals surface area contributed by atoms with Gasteiger partial charge < -0.3 is 4.74 Å². The van der Waals surface area contributed by atoms with Gasteiger partial charge in [0.1, 0.15) is 12.4 Å². The van der Waals surface area contributed by atoms with E-state index in [-0.39, 0.29) is 16.9 Å². The molecular weight excluding hydrogens is 400 g/mol. The predicted molar refractivity (Wildman–Crippen MR) is 105 cm³/mol. The van der Waals surface area contributed by atoms with Crippen LogP contribution in [0.1, 0.15) is 42.9 Å². The zero-order valence-electron chi connectivity index (χ0n) is 14.5. The van der Waals surface area contributed by atoms with Crippen LogP contribution in [0.5, 0.6) is 5.75 Å². The molecule has 0 spiro atoms. The minimum absolute atomic E-state index is 0.126. The van der Waals surface area contributed by atoms with E-state index >= 15 is 0 Å². The van der Waals surface area contributed by atoms with Gasteiger partial charge >= 0.3 is 0 Å². The Labute approximate surface area is 158 Å². The molecule has 0 heterocycles. The zero-order valence-corrected chi connectivity index (χ0v) is 16.9. The highest BCUT2D eigenvalue weighted by Gasteiger charge is 2.29. The van der Waals surface area contributed by atoms with Crippen molar-refractivity contribution in [2.45, 2.75) is 44.5 Å². The Morgan fingerprint density at radius 2 is 1.96 bits per heavy atom. The van der Waals surface area contributed by atoms with Gasteiger partial charge in [-0.15, -0.1) is 0 Å². The van der Waals surface area contributed by atoms with Crippen molar-refractivity contribution in [2.24, 2.45) is 0 Å². The lowest BCUT2D eigenvalue weighted by atomic mass is 10.0. The Morgan fingerprint density at radius 3 is 2.68 bits per heavy atom. The van der Waals surface area contributed by atoms with E-state index in [1.54, 1.807) is 13.8 Å². The van der Waals surface area contributed by atoms with Gasteiger partial charge in [-0.2, -0.15) is 0 Å². The molecule has 1 aliphatic carbocycles. The third-order valence-corrected chi connectivity index (χ3v) is 7.75. The van der Waals surface area contributed by atoms with Crippen molar-refractivity contribution in [3.8, 4) is 5.75 Å². The van der Waals surface area contributed by atoms with Gasteiger partial charge in [-0.25, -0.2) is 8.42 Å². The van der Waals surface area contributed by atoms with Gasteiger partial charge in [0.15, 0.2) is 9.84 Å². The smallest absolute Gasteiger partial charge is 0.153 e. The summed E-state index contributed by atoms with van der Waals surface area (Å²) in [5, 5.41) is -0.312. The molecule has 2 aromatic rings. The third kappa shape index (κ3) is 4.26. The summed E-state index contributed by atoms with van der Waals surface area (Å²) in [6.45, 7) is 4.02. The van der Waals surface area contributed by atoms with Crippen LogP contribution in [-0.4, -0.2) is 19.4 Å². The average molecular weight is 423 g/mol. The maximum Gasteiger partial charge on any atom is 0.153 e. The summed E-state index contributed by atoms with van der Waals surface area (Å²) in [7, 11) is -3.02. The van der Waals surface area contributed by atoms with E-state index in [0.717, 1.165) is 28.6 Å². The number of benzene rings is 2. The molecule has 0 aromatic heterocycles. The lowest BCUT2D eigenvalue weighted by Crippen LogP contribution is -2.21. The summed E-state index contributed by atoms with van der Waals surface area (Å²) in [6, 6.07) is 14.1. The van der Waals surface area contributed by atoms with Crippen LogP contribution in [0.2, 0.25) is 0 Å². The van der Waals surface area contributed by atoms with E-state index in [0.29, 0.717) is 6.61 Å². The molecule has 5 heteroatoms. The van der Waals surface area contributed by atoms with Crippen molar-refractivity contribution in [3.63, 3.8) is 0 Å². The van der Waals surface area contributed by atoms with Crippen LogP contribution in [0, 0.1) is 0 Å². The average Bonchev–Trinajstić information content (AvgIpc) is 2.95. The quantitative estimate of drug-likeness (QED) is 0.665. The van der Waals surface area contributed by atoms with Crippen molar-refractivity contribution in [2.75, 3.05) is 5.75 Å². The highest BCUT2D eigenvalue weighted by Crippen LogP contribution is 2.35. The van der Waals surface area contributed by atoms with Crippen LogP contribution in [0.4, 0.5) is 0 Å². The van der Waals surface area contributed by atoms with Crippen molar-refractivity contribution >= 4 is 25.8 Å². The maximum atomic E-state index is 12.2. The lowest BCUT2D eigenvalue weighted by Gasteiger charge is -2.15. The largest absolute Gasteiger partial charge is 0.488 e. The Balaban J connectivity index is 1.70. The number of para-hydroxylation sites is 1. The van der Waals surface area contributed by atoms with Gasteiger partial charge in [-0.05, 0) is 77.4 Å². The van der Waals surface area contributed by atoms with Crippen molar-refractivity contribution < 1.29 is 13.2 Å². The van der Waals surface area contributed by atoms with E-state index in [1.165, 1.54) is 11.1 Å². The first-order valence-electron chi connectivity index (χ1n) is 8.57. The van der Waals surface area contributed by atoms with Crippen LogP contribution in [0.15, 0.2) is 46.9 Å². The van der Waals surface area contributed by atoms with Gasteiger partial charge in [-0.1, -0.05) is 30.3 Å². The number of halogens is 1. The molecule has 1 aliphatic rings. The normalized spacial score (nSPS) is 16.9. The van der Waals surface area contributed by atoms with E-state index in [1.807, 2.05) is 24.3 Å². The van der Waals surface area contributed by atoms with Crippen LogP contribution in [-0.2, 0) is 22.9 Å². The Hall–Kier alpha value is -1.33. The number of ether oxygens (including phenoxy) is 1. The van der Waals surface area contributed by atoms with Crippen LogP contribution < -0.4 is 4.74 Å². The molecule has 0 radical (unpaired) electrons. The van der Waals surface area contributed by atoms with Crippen molar-refractivity contribution in [1.82, 2.24) is 0 Å². The summed E-state index contributed by atoms with van der Waals surface area (Å²) < 4.78 is 31.3. The molecular formula is C20H23BrO3S. The molecule has 2 aromatic carbocycles. The molecule has 0 saturated carbocycles. The van der Waals surface area contributed by atoms with Crippen molar-refractivity contribution in [3.05, 3.63) is 63.6 Å². The zero-order chi connectivity index (χ0) is 18.0. The first-order valence-corrected chi connectivity index (χ1v) is 11.1. The summed E-state index contributed by atoms with van der Waals surface area (Å²) in [5.41, 5.74) is 3.56. The third-order valence-electron chi connectivity index (χ3n) is 4.79. The molecule has 1 atom stereocenters. The van der Waals surface area contributed by atoms with Gasteiger partial charge in [-0.3, -0.25) is 0 Å². The fourth-order valence-corrected chi connectivity index (χ4v) is 4.91. The van der Waals surface area contributed by atoms with Crippen molar-refractivity contribution in [1.29, 1.82) is 0 Å². The maximum absolute atomic E-state index is 12.2. The van der Waals surface area contributed by atoms with Crippen LogP contribution in [0.25, 0.3) is 0 Å². The summed E-state index contributed by atoms with van der Waals surface area (Å²) in [5.74, 6) is 1.20. The predicted octanol–water partition coefficient (Wildman–Crippen LogP) is 4.88. The van der Waals surface area contributed by atoms with Gasteiger partial charge in [0, 0.05) is 0 Å². The molecule has 0 N–H and O–H groups in total. The highest BCUT2D eigenvalue weighted by atomic mass is 79.9. The number of hydrogen-bond acceptors (Lipinski definition) is 3. The minimum atomic E-state index is -3.02. The molecule has 3 rings (SSSR count). The molecule has 0 bridgehead atoms. The Morgan fingerprint density at radius 1 is 1.20 bits per heavy atom. The molecule has 0 fully saturated rings. The van der Waals surface area contributed by atoms with Gasteiger partial charge in [0.2, 0.25) is 0 Å². The number of hydrogen-bond donors (Lipinski definition) is 0. The molecule has 1 unspecified atom stereocenters. The SMILES string of the molecule is CC(C)S(=O)(=O)CC1CCc2cc(COc3ccccc3Br)ccc21. The molecule has 134 valence electrons. The fraction of sp³-hybridized carbons (Fsp3) is 0.400. The van der Waals surface area contributed by atoms with Crippen LogP contribution in [0.3, 0.4) is 0 Å². The summed E-state index contributed by atoms with van der Waals surface area (Å²) in [6.07, 6.45) is 1.85.